The highest BCUT2D eigenvalue weighted by molar-refractivity contribution is 7.89. The van der Waals surface area contributed by atoms with Crippen molar-refractivity contribution in [2.75, 3.05) is 20.2 Å². The largest absolute Gasteiger partial charge is 0.497 e. The Morgan fingerprint density at radius 3 is 2.52 bits per heavy atom. The van der Waals surface area contributed by atoms with E-state index in [1.54, 1.807) is 23.5 Å². The molecule has 0 unspecified atom stereocenters. The van der Waals surface area contributed by atoms with Crippen molar-refractivity contribution in [3.8, 4) is 10.9 Å². The summed E-state index contributed by atoms with van der Waals surface area (Å²) in [5.41, 5.74) is 2.95. The van der Waals surface area contributed by atoms with Crippen molar-refractivity contribution in [3.63, 3.8) is 0 Å². The molecule has 0 radical (unpaired) electrons. The first kappa shape index (κ1) is 20.1. The predicted molar refractivity (Wildman–Crippen MR) is 114 cm³/mol. The molecule has 8 heteroatoms. The molecule has 0 saturated carbocycles. The number of aryl methyl sites for hydroxylation is 2. The molecule has 0 spiro atoms. The molecule has 1 aromatic heterocycles. The number of methoxy groups -OCH3 is 1. The van der Waals surface area contributed by atoms with Crippen LogP contribution in [0.25, 0.3) is 10.2 Å². The molecule has 0 bridgehead atoms. The second-order valence-electron chi connectivity index (χ2n) is 7.28. The lowest BCUT2D eigenvalue weighted by atomic mass is 10.1. The number of piperidine rings is 1. The molecular weight excluding hydrogens is 408 g/mol. The second kappa shape index (κ2) is 7.93. The van der Waals surface area contributed by atoms with Crippen LogP contribution in [-0.2, 0) is 10.0 Å². The quantitative estimate of drug-likeness (QED) is 0.606. The molecular formula is C21H24N2O4S2. The molecule has 0 aliphatic carbocycles. The minimum absolute atomic E-state index is 0.0383. The molecule has 1 fully saturated rings. The average molecular weight is 433 g/mol. The predicted octanol–water partition coefficient (Wildman–Crippen LogP) is 4.15. The van der Waals surface area contributed by atoms with Gasteiger partial charge in [0.2, 0.25) is 10.0 Å². The van der Waals surface area contributed by atoms with Crippen molar-refractivity contribution < 1.29 is 17.9 Å². The van der Waals surface area contributed by atoms with E-state index in [4.69, 9.17) is 9.47 Å². The summed E-state index contributed by atoms with van der Waals surface area (Å²) >= 11 is 1.48. The lowest BCUT2D eigenvalue weighted by Crippen LogP contribution is -2.41. The van der Waals surface area contributed by atoms with Crippen molar-refractivity contribution in [1.82, 2.24) is 9.29 Å². The SMILES string of the molecule is COc1ccc2nc(OC3CCN(S(=O)(=O)c4ccc(C)c(C)c4)CC3)sc2c1. The summed E-state index contributed by atoms with van der Waals surface area (Å²) in [4.78, 5) is 4.89. The first-order valence-electron chi connectivity index (χ1n) is 9.55. The van der Waals surface area contributed by atoms with Gasteiger partial charge in [-0.1, -0.05) is 17.4 Å². The van der Waals surface area contributed by atoms with Crippen LogP contribution in [0.1, 0.15) is 24.0 Å². The van der Waals surface area contributed by atoms with E-state index in [0.717, 1.165) is 27.1 Å². The number of thiazole rings is 1. The standard InChI is InChI=1S/C21H24N2O4S2/c1-14-4-6-18(12-15(14)2)29(24,25)23-10-8-16(9-11-23)27-21-22-19-7-5-17(26-3)13-20(19)28-21/h4-7,12-13,16H,8-11H2,1-3H3. The molecule has 3 aromatic rings. The number of hydrogen-bond donors (Lipinski definition) is 0. The molecule has 0 N–H and O–H groups in total. The van der Waals surface area contributed by atoms with Gasteiger partial charge in [-0.3, -0.25) is 0 Å². The maximum Gasteiger partial charge on any atom is 0.274 e. The van der Waals surface area contributed by atoms with Gasteiger partial charge in [-0.25, -0.2) is 13.4 Å². The van der Waals surface area contributed by atoms with E-state index in [1.807, 2.05) is 38.1 Å². The molecule has 0 atom stereocenters. The molecule has 2 heterocycles. The van der Waals surface area contributed by atoms with Crippen LogP contribution in [0, 0.1) is 13.8 Å². The second-order valence-corrected chi connectivity index (χ2v) is 10.2. The molecule has 1 aliphatic rings. The van der Waals surface area contributed by atoms with Crippen LogP contribution in [0.3, 0.4) is 0 Å². The summed E-state index contributed by atoms with van der Waals surface area (Å²) in [6.45, 7) is 4.80. The Balaban J connectivity index is 1.42. The van der Waals surface area contributed by atoms with Gasteiger partial charge >= 0.3 is 0 Å². The summed E-state index contributed by atoms with van der Waals surface area (Å²) < 4.78 is 39.8. The van der Waals surface area contributed by atoms with E-state index in [2.05, 4.69) is 4.98 Å². The van der Waals surface area contributed by atoms with Crippen molar-refractivity contribution >= 4 is 31.6 Å². The van der Waals surface area contributed by atoms with E-state index < -0.39 is 10.0 Å². The number of ether oxygens (including phenoxy) is 2. The van der Waals surface area contributed by atoms with E-state index in [9.17, 15) is 8.42 Å². The third-order valence-electron chi connectivity index (χ3n) is 5.36. The van der Waals surface area contributed by atoms with Crippen LogP contribution in [0.15, 0.2) is 41.3 Å². The van der Waals surface area contributed by atoms with Crippen LogP contribution < -0.4 is 9.47 Å². The summed E-state index contributed by atoms with van der Waals surface area (Å²) in [6, 6.07) is 11.0. The normalized spacial score (nSPS) is 16.2. The zero-order valence-corrected chi connectivity index (χ0v) is 18.3. The molecule has 1 saturated heterocycles. The third-order valence-corrected chi connectivity index (χ3v) is 8.16. The fraction of sp³-hybridized carbons (Fsp3) is 0.381. The van der Waals surface area contributed by atoms with Crippen molar-refractivity contribution in [2.24, 2.45) is 0 Å². The summed E-state index contributed by atoms with van der Waals surface area (Å²) in [6.07, 6.45) is 1.25. The van der Waals surface area contributed by atoms with Crippen molar-refractivity contribution in [2.45, 2.75) is 37.7 Å². The molecule has 154 valence electrons. The summed E-state index contributed by atoms with van der Waals surface area (Å²) in [5.74, 6) is 0.789. The topological polar surface area (TPSA) is 68.7 Å². The molecule has 2 aromatic carbocycles. The first-order chi connectivity index (χ1) is 13.9. The van der Waals surface area contributed by atoms with E-state index in [1.165, 1.54) is 11.3 Å². The fourth-order valence-corrected chi connectivity index (χ4v) is 5.88. The van der Waals surface area contributed by atoms with E-state index in [-0.39, 0.29) is 6.10 Å². The Hall–Kier alpha value is -2.16. The Morgan fingerprint density at radius 2 is 1.83 bits per heavy atom. The first-order valence-corrected chi connectivity index (χ1v) is 11.8. The number of aromatic nitrogens is 1. The minimum Gasteiger partial charge on any atom is -0.497 e. The van der Waals surface area contributed by atoms with Crippen LogP contribution in [0.4, 0.5) is 0 Å². The number of rotatable bonds is 5. The van der Waals surface area contributed by atoms with E-state index in [0.29, 0.717) is 36.0 Å². The molecule has 29 heavy (non-hydrogen) atoms. The number of hydrogen-bond acceptors (Lipinski definition) is 6. The van der Waals surface area contributed by atoms with Gasteiger partial charge in [-0.15, -0.1) is 0 Å². The fourth-order valence-electron chi connectivity index (χ4n) is 3.42. The molecule has 6 nitrogen and oxygen atoms in total. The Bertz CT molecular complexity index is 1130. The number of fused-ring (bicyclic) bond motifs is 1. The number of sulfonamides is 1. The number of benzene rings is 2. The highest BCUT2D eigenvalue weighted by atomic mass is 32.2. The monoisotopic (exact) mass is 432 g/mol. The van der Waals surface area contributed by atoms with Crippen molar-refractivity contribution in [3.05, 3.63) is 47.5 Å². The lowest BCUT2D eigenvalue weighted by Gasteiger charge is -2.30. The molecule has 0 amide bonds. The van der Waals surface area contributed by atoms with Crippen LogP contribution in [-0.4, -0.2) is 44.0 Å². The Morgan fingerprint density at radius 1 is 1.07 bits per heavy atom. The maximum atomic E-state index is 13.0. The zero-order valence-electron chi connectivity index (χ0n) is 16.7. The summed E-state index contributed by atoms with van der Waals surface area (Å²) in [5, 5.41) is 0.615. The maximum absolute atomic E-state index is 13.0. The number of nitrogens with zero attached hydrogens (tertiary/aromatic N) is 2. The highest BCUT2D eigenvalue weighted by Crippen LogP contribution is 2.32. The van der Waals surface area contributed by atoms with Gasteiger partial charge in [-0.2, -0.15) is 4.31 Å². The van der Waals surface area contributed by atoms with Gasteiger partial charge < -0.3 is 9.47 Å². The third kappa shape index (κ3) is 4.10. The van der Waals surface area contributed by atoms with Gasteiger partial charge in [0.25, 0.3) is 5.19 Å². The minimum atomic E-state index is -3.47. The zero-order chi connectivity index (χ0) is 20.6. The van der Waals surface area contributed by atoms with Gasteiger partial charge in [-0.05, 0) is 68.1 Å². The Kier molecular flexibility index (Phi) is 5.50. The van der Waals surface area contributed by atoms with Gasteiger partial charge in [0, 0.05) is 13.1 Å². The average Bonchev–Trinajstić information content (AvgIpc) is 3.11. The smallest absolute Gasteiger partial charge is 0.274 e. The van der Waals surface area contributed by atoms with Crippen LogP contribution >= 0.6 is 11.3 Å². The van der Waals surface area contributed by atoms with Gasteiger partial charge in [0.1, 0.15) is 11.9 Å². The van der Waals surface area contributed by atoms with Gasteiger partial charge in [0.05, 0.1) is 22.2 Å². The lowest BCUT2D eigenvalue weighted by molar-refractivity contribution is 0.135. The Labute approximate surface area is 175 Å². The van der Waals surface area contributed by atoms with Crippen molar-refractivity contribution in [1.29, 1.82) is 0 Å². The van der Waals surface area contributed by atoms with E-state index >= 15 is 0 Å². The highest BCUT2D eigenvalue weighted by Gasteiger charge is 2.30. The molecule has 1 aliphatic heterocycles. The van der Waals surface area contributed by atoms with Crippen LogP contribution in [0.2, 0.25) is 0 Å². The van der Waals surface area contributed by atoms with Gasteiger partial charge in [0.15, 0.2) is 0 Å². The molecule has 4 rings (SSSR count). The van der Waals surface area contributed by atoms with Crippen LogP contribution in [0.5, 0.6) is 10.9 Å². The summed E-state index contributed by atoms with van der Waals surface area (Å²) in [7, 11) is -1.84.